The van der Waals surface area contributed by atoms with Gasteiger partial charge in [-0.3, -0.25) is 0 Å². The lowest BCUT2D eigenvalue weighted by atomic mass is 9.78. The third-order valence-corrected chi connectivity index (χ3v) is 7.02. The van der Waals surface area contributed by atoms with Crippen LogP contribution in [-0.4, -0.2) is 57.3 Å². The lowest BCUT2D eigenvalue weighted by molar-refractivity contribution is -0.137. The normalized spacial score (nSPS) is 19.5. The Morgan fingerprint density at radius 1 is 0.971 bits per heavy atom. The molecule has 2 aliphatic heterocycles. The zero-order valence-corrected chi connectivity index (χ0v) is 18.5. The molecule has 12 heteroatoms. The number of pyridine rings is 1. The third kappa shape index (κ3) is 4.14. The number of hydrogen-bond donors (Lipinski definition) is 0. The molecule has 5 heterocycles. The van der Waals surface area contributed by atoms with Crippen LogP contribution in [0.5, 0.6) is 0 Å². The lowest BCUT2D eigenvalue weighted by Crippen LogP contribution is -2.42. The van der Waals surface area contributed by atoms with Gasteiger partial charge in [-0.2, -0.15) is 18.3 Å². The van der Waals surface area contributed by atoms with E-state index in [0.29, 0.717) is 49.0 Å². The molecule has 5 rings (SSSR count). The van der Waals surface area contributed by atoms with E-state index in [1.54, 1.807) is 6.20 Å². The summed E-state index contributed by atoms with van der Waals surface area (Å²) in [7, 11) is 0. The van der Waals surface area contributed by atoms with Crippen LogP contribution in [0.25, 0.3) is 11.2 Å². The Balaban J connectivity index is 1.28. The van der Waals surface area contributed by atoms with E-state index >= 15 is 0 Å². The first-order chi connectivity index (χ1) is 16.2. The maximum atomic E-state index is 13.2. The summed E-state index contributed by atoms with van der Waals surface area (Å²) in [6, 6.07) is 0.989. The zero-order valence-electron chi connectivity index (χ0n) is 18.5. The van der Waals surface area contributed by atoms with Gasteiger partial charge >= 0.3 is 6.18 Å². The van der Waals surface area contributed by atoms with Crippen LogP contribution in [0.3, 0.4) is 0 Å². The minimum Gasteiger partial charge on any atom is -0.356 e. The van der Waals surface area contributed by atoms with Gasteiger partial charge in [0.1, 0.15) is 23.2 Å². The van der Waals surface area contributed by atoms with Crippen LogP contribution in [0.15, 0.2) is 30.7 Å². The van der Waals surface area contributed by atoms with Crippen molar-refractivity contribution in [3.05, 3.63) is 36.3 Å². The third-order valence-electron chi connectivity index (χ3n) is 7.02. The quantitative estimate of drug-likeness (QED) is 0.509. The molecule has 34 heavy (non-hydrogen) atoms. The summed E-state index contributed by atoms with van der Waals surface area (Å²) in [5, 5.41) is 4.03. The highest BCUT2D eigenvalue weighted by molar-refractivity contribution is 5.71. The molecule has 0 radical (unpaired) electrons. The summed E-state index contributed by atoms with van der Waals surface area (Å²) in [6.45, 7) is 4.09. The second-order valence-corrected chi connectivity index (χ2v) is 9.16. The number of nitrogens with zero attached hydrogens (tertiary/aromatic N) is 7. The van der Waals surface area contributed by atoms with Gasteiger partial charge in [0.25, 0.3) is 6.43 Å². The average molecular weight is 481 g/mol. The van der Waals surface area contributed by atoms with Crippen LogP contribution in [0.1, 0.15) is 37.8 Å². The average Bonchev–Trinajstić information content (AvgIpc) is 3.43. The second kappa shape index (κ2) is 8.31. The number of fused-ring (bicyclic) bond motifs is 1. The van der Waals surface area contributed by atoms with E-state index in [0.717, 1.165) is 31.4 Å². The number of anilines is 2. The van der Waals surface area contributed by atoms with Gasteiger partial charge in [0.05, 0.1) is 18.0 Å². The molecule has 0 amide bonds. The molecule has 1 unspecified atom stereocenters. The van der Waals surface area contributed by atoms with Gasteiger partial charge < -0.3 is 9.80 Å². The molecular weight excluding hydrogens is 457 g/mol. The molecule has 3 aromatic heterocycles. The number of rotatable bonds is 4. The molecule has 0 saturated carbocycles. The van der Waals surface area contributed by atoms with Crippen LogP contribution in [-0.2, 0) is 6.18 Å². The Morgan fingerprint density at radius 2 is 1.68 bits per heavy atom. The lowest BCUT2D eigenvalue weighted by Gasteiger charge is -2.39. The summed E-state index contributed by atoms with van der Waals surface area (Å²) in [5.74, 6) is 0.965. The van der Waals surface area contributed by atoms with Gasteiger partial charge in [-0.15, -0.1) is 0 Å². The van der Waals surface area contributed by atoms with E-state index < -0.39 is 24.2 Å². The molecule has 0 N–H and O–H groups in total. The highest BCUT2D eigenvalue weighted by Crippen LogP contribution is 2.43. The fraction of sp³-hybridized carbons (Fsp3) is 0.545. The van der Waals surface area contributed by atoms with Gasteiger partial charge in [0, 0.05) is 32.4 Å². The molecule has 1 atom stereocenters. The molecule has 0 aromatic carbocycles. The first-order valence-corrected chi connectivity index (χ1v) is 11.2. The molecule has 2 fully saturated rings. The van der Waals surface area contributed by atoms with E-state index in [1.165, 1.54) is 24.0 Å². The van der Waals surface area contributed by atoms with Crippen molar-refractivity contribution in [2.45, 2.75) is 44.8 Å². The maximum Gasteiger partial charge on any atom is 0.416 e. The number of aromatic nitrogens is 5. The Bertz CT molecular complexity index is 1170. The van der Waals surface area contributed by atoms with Crippen LogP contribution < -0.4 is 9.80 Å². The van der Waals surface area contributed by atoms with E-state index in [-0.39, 0.29) is 5.41 Å². The Morgan fingerprint density at radius 3 is 2.35 bits per heavy atom. The molecule has 0 aliphatic carbocycles. The van der Waals surface area contributed by atoms with Crippen molar-refractivity contribution in [3.8, 4) is 0 Å². The van der Waals surface area contributed by atoms with Crippen LogP contribution in [0.4, 0.5) is 33.6 Å². The second-order valence-electron chi connectivity index (χ2n) is 9.16. The first kappa shape index (κ1) is 22.7. The Kier molecular flexibility index (Phi) is 5.56. The SMILES string of the molecule is CC(C(F)F)n1ncc2ncc(N3CCC4(CCN(c5cc(C(F)(F)F)ccn5)C4)CC3)nc21. The van der Waals surface area contributed by atoms with Crippen LogP contribution in [0.2, 0.25) is 0 Å². The van der Waals surface area contributed by atoms with Crippen LogP contribution in [0, 0.1) is 5.41 Å². The summed E-state index contributed by atoms with van der Waals surface area (Å²) in [6.07, 6.45) is -0.130. The standard InChI is InChI=1S/C22H24F5N7/c1-14(19(23)24)34-20-16(11-30-34)29-12-18(31-20)32-7-3-21(4-8-32)5-9-33(13-21)17-10-15(2-6-28-17)22(25,26)27/h2,6,10-12,14,19H,3-5,7-9,13H2,1H3. The molecule has 182 valence electrons. The largest absolute Gasteiger partial charge is 0.416 e. The monoisotopic (exact) mass is 481 g/mol. The Labute approximate surface area is 192 Å². The fourth-order valence-corrected chi connectivity index (χ4v) is 4.88. The Hall–Kier alpha value is -3.05. The van der Waals surface area contributed by atoms with Crippen molar-refractivity contribution in [2.75, 3.05) is 36.0 Å². The molecule has 7 nitrogen and oxygen atoms in total. The number of hydrogen-bond acceptors (Lipinski definition) is 6. The predicted octanol–water partition coefficient (Wildman–Crippen LogP) is 4.56. The van der Waals surface area contributed by atoms with Gasteiger partial charge in [-0.1, -0.05) is 0 Å². The van der Waals surface area contributed by atoms with E-state index in [2.05, 4.69) is 25.0 Å². The van der Waals surface area contributed by atoms with Crippen LogP contribution >= 0.6 is 0 Å². The fourth-order valence-electron chi connectivity index (χ4n) is 4.88. The van der Waals surface area contributed by atoms with Crippen molar-refractivity contribution < 1.29 is 22.0 Å². The summed E-state index contributed by atoms with van der Waals surface area (Å²) < 4.78 is 66.9. The molecule has 1 spiro atoms. The topological polar surface area (TPSA) is 63.0 Å². The highest BCUT2D eigenvalue weighted by atomic mass is 19.4. The van der Waals surface area contributed by atoms with Crippen molar-refractivity contribution in [3.63, 3.8) is 0 Å². The van der Waals surface area contributed by atoms with E-state index in [9.17, 15) is 22.0 Å². The van der Waals surface area contributed by atoms with E-state index in [1.807, 2.05) is 4.90 Å². The van der Waals surface area contributed by atoms with Gasteiger partial charge in [-0.05, 0) is 43.7 Å². The molecule has 2 aliphatic rings. The number of halogens is 5. The molecular formula is C22H24F5N7. The van der Waals surface area contributed by atoms with Crippen molar-refractivity contribution in [1.82, 2.24) is 24.7 Å². The molecule has 0 bridgehead atoms. The summed E-state index contributed by atoms with van der Waals surface area (Å²) in [4.78, 5) is 17.1. The smallest absolute Gasteiger partial charge is 0.356 e. The predicted molar refractivity (Wildman–Crippen MR) is 116 cm³/mol. The number of alkyl halides is 5. The summed E-state index contributed by atoms with van der Waals surface area (Å²) in [5.41, 5.74) is 0.0938. The zero-order chi connectivity index (χ0) is 24.1. The van der Waals surface area contributed by atoms with Gasteiger partial charge in [0.2, 0.25) is 0 Å². The van der Waals surface area contributed by atoms with E-state index in [4.69, 9.17) is 0 Å². The molecule has 3 aromatic rings. The highest BCUT2D eigenvalue weighted by Gasteiger charge is 2.42. The summed E-state index contributed by atoms with van der Waals surface area (Å²) >= 11 is 0. The number of piperidine rings is 1. The minimum atomic E-state index is -4.40. The maximum absolute atomic E-state index is 13.2. The van der Waals surface area contributed by atoms with Crippen molar-refractivity contribution in [2.24, 2.45) is 5.41 Å². The van der Waals surface area contributed by atoms with Crippen molar-refractivity contribution in [1.29, 1.82) is 0 Å². The molecule has 2 saturated heterocycles. The first-order valence-electron chi connectivity index (χ1n) is 11.2. The van der Waals surface area contributed by atoms with Crippen molar-refractivity contribution >= 4 is 22.8 Å². The van der Waals surface area contributed by atoms with Gasteiger partial charge in [0.15, 0.2) is 5.65 Å². The minimum absolute atomic E-state index is 0.00406. The van der Waals surface area contributed by atoms with Gasteiger partial charge in [-0.25, -0.2) is 28.4 Å².